The first-order valence-electron chi connectivity index (χ1n) is 7.97. The van der Waals surface area contributed by atoms with Gasteiger partial charge in [-0.25, -0.2) is 4.63 Å². The van der Waals surface area contributed by atoms with E-state index in [1.165, 1.54) is 11.8 Å². The molecule has 1 amide bonds. The highest BCUT2D eigenvalue weighted by Gasteiger charge is 2.24. The van der Waals surface area contributed by atoms with Crippen LogP contribution in [0.15, 0.2) is 37.5 Å². The Morgan fingerprint density at radius 2 is 2.28 bits per heavy atom. The van der Waals surface area contributed by atoms with Crippen molar-refractivity contribution in [1.29, 1.82) is 0 Å². The average molecular weight is 462 g/mol. The molecule has 0 unspecified atom stereocenters. The second-order valence-corrected chi connectivity index (χ2v) is 6.64. The zero-order valence-electron chi connectivity index (χ0n) is 14.7. The number of nitrogens with zero attached hydrogens (tertiary/aromatic N) is 7. The summed E-state index contributed by atoms with van der Waals surface area (Å²) in [5.74, 6) is -1.01. The first-order chi connectivity index (χ1) is 14.0. The molecule has 0 radical (unpaired) electrons. The Kier molecular flexibility index (Phi) is 4.77. The highest BCUT2D eigenvalue weighted by Crippen LogP contribution is 2.37. The second-order valence-electron chi connectivity index (χ2n) is 5.72. The Hall–Kier alpha value is -3.65. The largest absolute Gasteiger partial charge is 0.493 e. The van der Waals surface area contributed by atoms with E-state index in [2.05, 4.69) is 56.4 Å². The Balaban J connectivity index is 1.71. The van der Waals surface area contributed by atoms with Crippen molar-refractivity contribution in [3.63, 3.8) is 0 Å². The number of fused-ring (bicyclic) bond motifs is 1. The van der Waals surface area contributed by atoms with Gasteiger partial charge < -0.3 is 20.6 Å². The minimum atomic E-state index is -0.804. The number of amides is 1. The van der Waals surface area contributed by atoms with Gasteiger partial charge in [-0.2, -0.15) is 4.68 Å². The number of nitrogens with one attached hydrogen (secondary N) is 1. The molecule has 148 valence electrons. The summed E-state index contributed by atoms with van der Waals surface area (Å²) in [6, 6.07) is 5.28. The van der Waals surface area contributed by atoms with Crippen molar-refractivity contribution >= 4 is 44.2 Å². The van der Waals surface area contributed by atoms with Gasteiger partial charge in [-0.1, -0.05) is 21.1 Å². The van der Waals surface area contributed by atoms with Gasteiger partial charge in [0.25, 0.3) is 0 Å². The average Bonchev–Trinajstić information content (AvgIpc) is 3.37. The van der Waals surface area contributed by atoms with E-state index in [0.29, 0.717) is 10.9 Å². The van der Waals surface area contributed by atoms with E-state index in [1.54, 1.807) is 18.2 Å². The molecule has 29 heavy (non-hydrogen) atoms. The fraction of sp³-hybridized carbons (Fsp3) is 0.133. The lowest BCUT2D eigenvalue weighted by Gasteiger charge is -2.02. The van der Waals surface area contributed by atoms with Crippen molar-refractivity contribution < 1.29 is 19.3 Å². The number of methoxy groups -OCH3 is 1. The standard InChI is InChI=1S/C15H12BrN9O4/c1-28-5-9-11(20-24-25(9)13-12(17)22-29-23-13)15(27)21-19-10-7-4-6(16)2-3-8(7)18-14(10)26/h2-4,18,26H,5H2,1H3,(H2,17,22). The van der Waals surface area contributed by atoms with Crippen LogP contribution in [0.1, 0.15) is 16.2 Å². The summed E-state index contributed by atoms with van der Waals surface area (Å²) in [5.41, 5.74) is 6.51. The number of aromatic hydroxyl groups is 1. The van der Waals surface area contributed by atoms with E-state index < -0.39 is 5.91 Å². The van der Waals surface area contributed by atoms with E-state index in [-0.39, 0.29) is 41.2 Å². The molecule has 0 aliphatic rings. The maximum absolute atomic E-state index is 12.6. The number of aromatic amines is 1. The third-order valence-corrected chi connectivity index (χ3v) is 4.39. The molecule has 4 N–H and O–H groups in total. The maximum Gasteiger partial charge on any atom is 0.317 e. The first kappa shape index (κ1) is 18.7. The number of azo groups is 1. The highest BCUT2D eigenvalue weighted by atomic mass is 79.9. The highest BCUT2D eigenvalue weighted by molar-refractivity contribution is 9.10. The van der Waals surface area contributed by atoms with E-state index in [1.807, 2.05) is 0 Å². The minimum absolute atomic E-state index is 0.0397. The van der Waals surface area contributed by atoms with Gasteiger partial charge in [0.1, 0.15) is 5.69 Å². The number of aromatic nitrogens is 6. The number of hydrogen-bond acceptors (Lipinski definition) is 10. The molecule has 3 aromatic heterocycles. The quantitative estimate of drug-likeness (QED) is 0.375. The summed E-state index contributed by atoms with van der Waals surface area (Å²) >= 11 is 3.35. The molecule has 13 nitrogen and oxygen atoms in total. The van der Waals surface area contributed by atoms with Crippen molar-refractivity contribution in [3.05, 3.63) is 34.1 Å². The van der Waals surface area contributed by atoms with Crippen molar-refractivity contribution in [2.24, 2.45) is 10.2 Å². The van der Waals surface area contributed by atoms with E-state index in [4.69, 9.17) is 10.5 Å². The lowest BCUT2D eigenvalue weighted by atomic mass is 10.2. The van der Waals surface area contributed by atoms with Gasteiger partial charge in [-0.3, -0.25) is 4.79 Å². The lowest BCUT2D eigenvalue weighted by molar-refractivity contribution is 0.0984. The number of benzene rings is 1. The number of H-pyrrole nitrogens is 1. The molecule has 0 saturated carbocycles. The summed E-state index contributed by atoms with van der Waals surface area (Å²) in [6.07, 6.45) is 0. The summed E-state index contributed by atoms with van der Waals surface area (Å²) in [5, 5.41) is 33.0. The minimum Gasteiger partial charge on any atom is -0.493 e. The zero-order valence-corrected chi connectivity index (χ0v) is 16.3. The van der Waals surface area contributed by atoms with Crippen LogP contribution in [0.2, 0.25) is 0 Å². The zero-order chi connectivity index (χ0) is 20.5. The Labute approximate surface area is 169 Å². The summed E-state index contributed by atoms with van der Waals surface area (Å²) in [7, 11) is 1.43. The van der Waals surface area contributed by atoms with Crippen LogP contribution in [0, 0.1) is 0 Å². The van der Waals surface area contributed by atoms with Gasteiger partial charge in [0.2, 0.25) is 17.5 Å². The number of ether oxygens (including phenoxy) is 1. The summed E-state index contributed by atoms with van der Waals surface area (Å²) in [6.45, 7) is -0.0405. The SMILES string of the molecule is COCc1c(C(=O)N=Nc2c(O)[nH]c3ccc(Br)cc23)nnn1-c1nonc1N. The summed E-state index contributed by atoms with van der Waals surface area (Å²) in [4.78, 5) is 15.4. The number of carbonyl (C=O) groups excluding carboxylic acids is 1. The van der Waals surface area contributed by atoms with Crippen molar-refractivity contribution in [2.75, 3.05) is 12.8 Å². The van der Waals surface area contributed by atoms with Crippen LogP contribution in [0.4, 0.5) is 11.5 Å². The molecule has 0 atom stereocenters. The fourth-order valence-electron chi connectivity index (χ4n) is 2.62. The molecule has 0 bridgehead atoms. The van der Waals surface area contributed by atoms with Gasteiger partial charge >= 0.3 is 5.91 Å². The third kappa shape index (κ3) is 3.34. The molecule has 0 saturated heterocycles. The smallest absolute Gasteiger partial charge is 0.317 e. The molecule has 0 aliphatic heterocycles. The molecule has 4 aromatic rings. The van der Waals surface area contributed by atoms with Gasteiger partial charge in [0.05, 0.1) is 12.1 Å². The van der Waals surface area contributed by atoms with Crippen LogP contribution in [0.25, 0.3) is 16.7 Å². The predicted octanol–water partition coefficient (Wildman–Crippen LogP) is 2.25. The molecular formula is C15H12BrN9O4. The molecule has 0 fully saturated rings. The molecular weight excluding hydrogens is 450 g/mol. The monoisotopic (exact) mass is 461 g/mol. The Morgan fingerprint density at radius 1 is 1.45 bits per heavy atom. The molecule has 14 heteroatoms. The van der Waals surface area contributed by atoms with Crippen LogP contribution < -0.4 is 5.73 Å². The second kappa shape index (κ2) is 7.40. The van der Waals surface area contributed by atoms with Crippen LogP contribution in [0.3, 0.4) is 0 Å². The molecule has 0 aliphatic carbocycles. The van der Waals surface area contributed by atoms with Crippen LogP contribution >= 0.6 is 15.9 Å². The molecule has 0 spiro atoms. The molecule has 4 rings (SSSR count). The third-order valence-electron chi connectivity index (χ3n) is 3.90. The van der Waals surface area contributed by atoms with Crippen molar-refractivity contribution in [2.45, 2.75) is 6.61 Å². The van der Waals surface area contributed by atoms with Gasteiger partial charge in [-0.05, 0) is 28.5 Å². The topological polar surface area (TPSA) is 183 Å². The number of nitrogen functional groups attached to an aromatic ring is 1. The predicted molar refractivity (Wildman–Crippen MR) is 101 cm³/mol. The first-order valence-corrected chi connectivity index (χ1v) is 8.77. The van der Waals surface area contributed by atoms with E-state index in [9.17, 15) is 9.90 Å². The number of carbonyl (C=O) groups is 1. The van der Waals surface area contributed by atoms with Crippen LogP contribution in [0.5, 0.6) is 5.88 Å². The lowest BCUT2D eigenvalue weighted by Crippen LogP contribution is -2.09. The number of anilines is 1. The maximum atomic E-state index is 12.6. The van der Waals surface area contributed by atoms with Crippen molar-refractivity contribution in [1.82, 2.24) is 30.3 Å². The Bertz CT molecular complexity index is 1240. The van der Waals surface area contributed by atoms with E-state index in [0.717, 1.165) is 4.47 Å². The number of rotatable bonds is 5. The van der Waals surface area contributed by atoms with Crippen molar-refractivity contribution in [3.8, 4) is 11.7 Å². The number of nitrogens with two attached hydrogens (primary N) is 1. The number of halogens is 1. The van der Waals surface area contributed by atoms with E-state index >= 15 is 0 Å². The molecule has 1 aromatic carbocycles. The summed E-state index contributed by atoms with van der Waals surface area (Å²) < 4.78 is 11.6. The van der Waals surface area contributed by atoms with Gasteiger partial charge in [0, 0.05) is 17.0 Å². The molecule has 3 heterocycles. The number of hydrogen-bond donors (Lipinski definition) is 3. The Morgan fingerprint density at radius 3 is 3.00 bits per heavy atom. The van der Waals surface area contributed by atoms with Crippen LogP contribution in [-0.4, -0.2) is 48.4 Å². The normalized spacial score (nSPS) is 11.7. The van der Waals surface area contributed by atoms with Gasteiger partial charge in [0.15, 0.2) is 11.4 Å². The fourth-order valence-corrected chi connectivity index (χ4v) is 2.98. The van der Waals surface area contributed by atoms with Gasteiger partial charge in [-0.15, -0.1) is 15.3 Å². The van der Waals surface area contributed by atoms with Crippen LogP contribution in [-0.2, 0) is 11.3 Å².